The molecule has 1 aliphatic heterocycles. The molecule has 1 atom stereocenters. The van der Waals surface area contributed by atoms with Crippen LogP contribution in [0.1, 0.15) is 33.2 Å². The monoisotopic (exact) mass is 417 g/mol. The van der Waals surface area contributed by atoms with Crippen molar-refractivity contribution in [2.24, 2.45) is 0 Å². The van der Waals surface area contributed by atoms with Gasteiger partial charge in [-0.05, 0) is 31.5 Å². The number of ether oxygens (including phenoxy) is 2. The maximum absolute atomic E-state index is 12.9. The van der Waals surface area contributed by atoms with Crippen molar-refractivity contribution in [3.8, 4) is 0 Å². The minimum absolute atomic E-state index is 0.0130. The smallest absolute Gasteiger partial charge is 0.339 e. The molecule has 0 bridgehead atoms. The second-order valence-electron chi connectivity index (χ2n) is 6.77. The van der Waals surface area contributed by atoms with Crippen LogP contribution >= 0.6 is 0 Å². The van der Waals surface area contributed by atoms with Gasteiger partial charge in [0.25, 0.3) is 0 Å². The summed E-state index contributed by atoms with van der Waals surface area (Å²) in [5, 5.41) is 0. The Morgan fingerprint density at radius 3 is 2.38 bits per heavy atom. The zero-order chi connectivity index (χ0) is 21.0. The Morgan fingerprint density at radius 2 is 1.72 bits per heavy atom. The van der Waals surface area contributed by atoms with Gasteiger partial charge in [0.15, 0.2) is 6.10 Å². The molecule has 1 unspecified atom stereocenters. The van der Waals surface area contributed by atoms with Crippen LogP contribution in [0.4, 0.5) is 0 Å². The number of aryl methyl sites for hydroxylation is 1. The van der Waals surface area contributed by atoms with E-state index in [1.54, 1.807) is 43.3 Å². The third kappa shape index (κ3) is 4.72. The number of nitrogens with zero attached hydrogens (tertiary/aromatic N) is 1. The number of Topliss-reactive ketones (excluding diaryl/α,β-unsaturated/α-hetero) is 1. The molecule has 1 fully saturated rings. The lowest BCUT2D eigenvalue weighted by Gasteiger charge is -2.26. The second-order valence-corrected chi connectivity index (χ2v) is 8.71. The molecule has 3 rings (SSSR count). The SMILES string of the molecule is Cc1ccc(S(=O)(=O)N2CCOCC2)cc1C(=O)OC(C)C(=O)c1ccccc1. The average molecular weight is 417 g/mol. The van der Waals surface area contributed by atoms with Crippen LogP contribution in [0.2, 0.25) is 0 Å². The Labute approximate surface area is 170 Å². The number of ketones is 1. The van der Waals surface area contributed by atoms with E-state index in [-0.39, 0.29) is 29.3 Å². The summed E-state index contributed by atoms with van der Waals surface area (Å²) in [5.41, 5.74) is 1.12. The maximum atomic E-state index is 12.9. The molecule has 0 N–H and O–H groups in total. The summed E-state index contributed by atoms with van der Waals surface area (Å²) in [6.07, 6.45) is -0.996. The van der Waals surface area contributed by atoms with E-state index in [4.69, 9.17) is 9.47 Å². The number of esters is 1. The van der Waals surface area contributed by atoms with Crippen LogP contribution in [-0.4, -0.2) is 56.9 Å². The Bertz CT molecular complexity index is 997. The summed E-state index contributed by atoms with van der Waals surface area (Å²) < 4.78 is 37.6. The van der Waals surface area contributed by atoms with Crippen molar-refractivity contribution in [1.29, 1.82) is 0 Å². The molecular formula is C21H23NO6S. The number of morpholine rings is 1. The van der Waals surface area contributed by atoms with Crippen molar-refractivity contribution in [3.63, 3.8) is 0 Å². The highest BCUT2D eigenvalue weighted by Gasteiger charge is 2.28. The highest BCUT2D eigenvalue weighted by atomic mass is 32.2. The molecule has 29 heavy (non-hydrogen) atoms. The van der Waals surface area contributed by atoms with Crippen LogP contribution in [0, 0.1) is 6.92 Å². The summed E-state index contributed by atoms with van der Waals surface area (Å²) in [7, 11) is -3.74. The number of sulfonamides is 1. The molecule has 0 aliphatic carbocycles. The molecule has 1 heterocycles. The standard InChI is InChI=1S/C21H23NO6S/c1-15-8-9-18(29(25,26)22-10-12-27-13-11-22)14-19(15)21(24)28-16(2)20(23)17-6-4-3-5-7-17/h3-9,14,16H,10-13H2,1-2H3. The van der Waals surface area contributed by atoms with Gasteiger partial charge in [-0.2, -0.15) is 4.31 Å². The summed E-state index contributed by atoms with van der Waals surface area (Å²) in [5.74, 6) is -1.06. The fraction of sp³-hybridized carbons (Fsp3) is 0.333. The Morgan fingerprint density at radius 1 is 1.07 bits per heavy atom. The first-order chi connectivity index (χ1) is 13.8. The van der Waals surface area contributed by atoms with Gasteiger partial charge in [-0.1, -0.05) is 36.4 Å². The molecule has 7 nitrogen and oxygen atoms in total. The number of carbonyl (C=O) groups is 2. The van der Waals surface area contributed by atoms with Crippen LogP contribution in [0.25, 0.3) is 0 Å². The second kappa shape index (κ2) is 8.86. The third-order valence-corrected chi connectivity index (χ3v) is 6.64. The number of rotatable bonds is 6. The van der Waals surface area contributed by atoms with Crippen LogP contribution < -0.4 is 0 Å². The van der Waals surface area contributed by atoms with Gasteiger partial charge in [-0.15, -0.1) is 0 Å². The van der Waals surface area contributed by atoms with E-state index >= 15 is 0 Å². The molecule has 0 saturated carbocycles. The molecule has 0 radical (unpaired) electrons. The molecule has 8 heteroatoms. The van der Waals surface area contributed by atoms with Crippen LogP contribution in [0.15, 0.2) is 53.4 Å². The molecule has 0 amide bonds. The predicted molar refractivity (Wildman–Crippen MR) is 106 cm³/mol. The average Bonchev–Trinajstić information content (AvgIpc) is 2.74. The molecule has 0 spiro atoms. The van der Waals surface area contributed by atoms with E-state index < -0.39 is 22.1 Å². The minimum atomic E-state index is -3.74. The first-order valence-electron chi connectivity index (χ1n) is 9.29. The maximum Gasteiger partial charge on any atom is 0.339 e. The molecular weight excluding hydrogens is 394 g/mol. The van der Waals surface area contributed by atoms with Gasteiger partial charge in [0.2, 0.25) is 15.8 Å². The lowest BCUT2D eigenvalue weighted by Crippen LogP contribution is -2.40. The van der Waals surface area contributed by atoms with E-state index in [9.17, 15) is 18.0 Å². The van der Waals surface area contributed by atoms with Crippen molar-refractivity contribution in [2.75, 3.05) is 26.3 Å². The Hall–Kier alpha value is -2.55. The van der Waals surface area contributed by atoms with Crippen molar-refractivity contribution in [1.82, 2.24) is 4.31 Å². The van der Waals surface area contributed by atoms with Crippen LogP contribution in [0.3, 0.4) is 0 Å². The van der Waals surface area contributed by atoms with Gasteiger partial charge < -0.3 is 9.47 Å². The first-order valence-corrected chi connectivity index (χ1v) is 10.7. The van der Waals surface area contributed by atoms with E-state index in [2.05, 4.69) is 0 Å². The number of benzene rings is 2. The summed E-state index contributed by atoms with van der Waals surface area (Å²) >= 11 is 0. The van der Waals surface area contributed by atoms with Gasteiger partial charge in [-0.25, -0.2) is 13.2 Å². The lowest BCUT2D eigenvalue weighted by atomic mass is 10.1. The topological polar surface area (TPSA) is 90.0 Å². The van der Waals surface area contributed by atoms with Gasteiger partial charge in [0.05, 0.1) is 23.7 Å². The van der Waals surface area contributed by atoms with Crippen LogP contribution in [-0.2, 0) is 19.5 Å². The highest BCUT2D eigenvalue weighted by Crippen LogP contribution is 2.22. The Balaban J connectivity index is 1.80. The summed E-state index contributed by atoms with van der Waals surface area (Å²) in [6.45, 7) is 4.37. The zero-order valence-electron chi connectivity index (χ0n) is 16.3. The van der Waals surface area contributed by atoms with Gasteiger partial charge in [-0.3, -0.25) is 4.79 Å². The zero-order valence-corrected chi connectivity index (χ0v) is 17.1. The van der Waals surface area contributed by atoms with Crippen LogP contribution in [0.5, 0.6) is 0 Å². The van der Waals surface area contributed by atoms with E-state index in [0.29, 0.717) is 24.3 Å². The summed E-state index contributed by atoms with van der Waals surface area (Å²) in [6, 6.07) is 12.9. The third-order valence-electron chi connectivity index (χ3n) is 4.75. The first kappa shape index (κ1) is 21.2. The van der Waals surface area contributed by atoms with Crippen molar-refractivity contribution in [2.45, 2.75) is 24.8 Å². The highest BCUT2D eigenvalue weighted by molar-refractivity contribution is 7.89. The normalized spacial score (nSPS) is 16.2. The van der Waals surface area contributed by atoms with Gasteiger partial charge in [0.1, 0.15) is 0 Å². The molecule has 154 valence electrons. The number of hydrogen-bond acceptors (Lipinski definition) is 6. The molecule has 1 saturated heterocycles. The van der Waals surface area contributed by atoms with Crippen molar-refractivity contribution in [3.05, 3.63) is 65.2 Å². The van der Waals surface area contributed by atoms with E-state index in [0.717, 1.165) is 0 Å². The number of hydrogen-bond donors (Lipinski definition) is 0. The van der Waals surface area contributed by atoms with Gasteiger partial charge >= 0.3 is 5.97 Å². The fourth-order valence-corrected chi connectivity index (χ4v) is 4.47. The Kier molecular flexibility index (Phi) is 6.46. The van der Waals surface area contributed by atoms with E-state index in [1.165, 1.54) is 23.4 Å². The quantitative estimate of drug-likeness (QED) is 0.530. The van der Waals surface area contributed by atoms with Crippen molar-refractivity contribution < 1.29 is 27.5 Å². The van der Waals surface area contributed by atoms with Crippen molar-refractivity contribution >= 4 is 21.8 Å². The molecule has 2 aromatic rings. The molecule has 2 aromatic carbocycles. The molecule has 0 aromatic heterocycles. The summed E-state index contributed by atoms with van der Waals surface area (Å²) in [4.78, 5) is 25.1. The molecule has 1 aliphatic rings. The van der Waals surface area contributed by atoms with E-state index in [1.807, 2.05) is 0 Å². The minimum Gasteiger partial charge on any atom is -0.451 e. The number of carbonyl (C=O) groups excluding carboxylic acids is 2. The van der Waals surface area contributed by atoms with Gasteiger partial charge in [0, 0.05) is 18.7 Å². The fourth-order valence-electron chi connectivity index (χ4n) is 3.03. The predicted octanol–water partition coefficient (Wildman–Crippen LogP) is 2.44. The lowest BCUT2D eigenvalue weighted by molar-refractivity contribution is 0.0318. The largest absolute Gasteiger partial charge is 0.451 e.